The van der Waals surface area contributed by atoms with Gasteiger partial charge < -0.3 is 14.5 Å². The first kappa shape index (κ1) is 11.7. The minimum Gasteiger partial charge on any atom is -0.470 e. The quantitative estimate of drug-likeness (QED) is 0.619. The number of nitriles is 1. The van der Waals surface area contributed by atoms with Gasteiger partial charge in [-0.15, -0.1) is 0 Å². The van der Waals surface area contributed by atoms with Gasteiger partial charge in [0.15, 0.2) is 0 Å². The second-order valence-corrected chi connectivity index (χ2v) is 4.53. The van der Waals surface area contributed by atoms with Crippen LogP contribution in [0.4, 0.5) is 0 Å². The van der Waals surface area contributed by atoms with Gasteiger partial charge in [0.1, 0.15) is 30.4 Å². The van der Waals surface area contributed by atoms with Crippen molar-refractivity contribution in [2.75, 3.05) is 13.2 Å². The smallest absolute Gasteiger partial charge is 0.278 e. The molecule has 1 aromatic carbocycles. The van der Waals surface area contributed by atoms with Crippen LogP contribution in [-0.4, -0.2) is 28.2 Å². The van der Waals surface area contributed by atoms with E-state index >= 15 is 0 Å². The minimum atomic E-state index is -0.372. The van der Waals surface area contributed by atoms with E-state index in [-0.39, 0.29) is 16.9 Å². The molecule has 0 saturated heterocycles. The largest absolute Gasteiger partial charge is 0.470 e. The summed E-state index contributed by atoms with van der Waals surface area (Å²) in [5, 5.41) is 9.32. The van der Waals surface area contributed by atoms with Crippen LogP contribution in [0.1, 0.15) is 5.56 Å². The van der Waals surface area contributed by atoms with Gasteiger partial charge in [0.25, 0.3) is 11.8 Å². The Kier molecular flexibility index (Phi) is 2.32. The van der Waals surface area contributed by atoms with Crippen molar-refractivity contribution in [2.24, 2.45) is 0 Å². The minimum absolute atomic E-state index is 0.0340. The maximum absolute atomic E-state index is 12.4. The summed E-state index contributed by atoms with van der Waals surface area (Å²) in [6.07, 6.45) is 1.39. The van der Waals surface area contributed by atoms with Crippen molar-refractivity contribution in [1.82, 2.24) is 15.0 Å². The number of benzene rings is 1. The second-order valence-electron chi connectivity index (χ2n) is 4.53. The zero-order valence-corrected chi connectivity index (χ0v) is 10.7. The third kappa shape index (κ3) is 1.63. The van der Waals surface area contributed by atoms with Crippen LogP contribution in [0, 0.1) is 11.3 Å². The molecule has 0 spiro atoms. The number of aromatic amines is 1. The molecular weight excluding hydrogens is 272 g/mol. The molecule has 7 heteroatoms. The van der Waals surface area contributed by atoms with Crippen LogP contribution < -0.4 is 14.9 Å². The Balaban J connectivity index is 2.18. The normalized spacial score (nSPS) is 13.3. The van der Waals surface area contributed by atoms with E-state index in [1.54, 1.807) is 12.1 Å². The van der Waals surface area contributed by atoms with Gasteiger partial charge in [0, 0.05) is 6.20 Å². The van der Waals surface area contributed by atoms with Crippen molar-refractivity contribution in [1.29, 1.82) is 5.26 Å². The number of nitrogens with one attached hydrogen (secondary N) is 1. The van der Waals surface area contributed by atoms with Crippen molar-refractivity contribution < 1.29 is 9.47 Å². The topological polar surface area (TPSA) is 101 Å². The Labute approximate surface area is 117 Å². The Morgan fingerprint density at radius 1 is 1.19 bits per heavy atom. The van der Waals surface area contributed by atoms with Crippen molar-refractivity contribution in [2.45, 2.75) is 0 Å². The van der Waals surface area contributed by atoms with Crippen LogP contribution in [0.25, 0.3) is 21.9 Å². The molecule has 0 atom stereocenters. The van der Waals surface area contributed by atoms with E-state index in [1.165, 1.54) is 6.20 Å². The monoisotopic (exact) mass is 280 g/mol. The second kappa shape index (κ2) is 4.18. The molecule has 0 amide bonds. The van der Waals surface area contributed by atoms with Crippen LogP contribution in [0.15, 0.2) is 23.1 Å². The number of fused-ring (bicyclic) bond motifs is 4. The molecule has 0 saturated carbocycles. The highest BCUT2D eigenvalue weighted by Crippen LogP contribution is 2.30. The fraction of sp³-hybridized carbons (Fsp3) is 0.143. The number of hydrogen-bond acceptors (Lipinski definition) is 6. The van der Waals surface area contributed by atoms with Gasteiger partial charge >= 0.3 is 0 Å². The lowest BCUT2D eigenvalue weighted by atomic mass is 10.1. The fourth-order valence-corrected chi connectivity index (χ4v) is 2.34. The lowest BCUT2D eigenvalue weighted by Crippen LogP contribution is -2.18. The van der Waals surface area contributed by atoms with Gasteiger partial charge in [-0.1, -0.05) is 0 Å². The molecule has 7 nitrogen and oxygen atoms in total. The highest BCUT2D eigenvalue weighted by molar-refractivity contribution is 6.02. The molecule has 1 N–H and O–H groups in total. The molecule has 1 aliphatic heterocycles. The summed E-state index contributed by atoms with van der Waals surface area (Å²) in [7, 11) is 0. The van der Waals surface area contributed by atoms with Gasteiger partial charge in [0.2, 0.25) is 5.43 Å². The van der Waals surface area contributed by atoms with Crippen molar-refractivity contribution in [3.63, 3.8) is 0 Å². The molecule has 3 aromatic rings. The van der Waals surface area contributed by atoms with Crippen LogP contribution in [-0.2, 0) is 0 Å². The zero-order chi connectivity index (χ0) is 14.4. The SMILES string of the molecule is N#Cc1c[nH]c2ccc3nc4c(nc3c2c1=O)OCCO4. The highest BCUT2D eigenvalue weighted by atomic mass is 16.6. The Morgan fingerprint density at radius 3 is 2.71 bits per heavy atom. The summed E-state index contributed by atoms with van der Waals surface area (Å²) in [5.74, 6) is 0.587. The fourth-order valence-electron chi connectivity index (χ4n) is 2.34. The molecule has 0 aliphatic carbocycles. The first-order chi connectivity index (χ1) is 10.3. The Bertz CT molecular complexity index is 987. The molecule has 1 aliphatic rings. The van der Waals surface area contributed by atoms with E-state index in [0.717, 1.165) is 0 Å². The van der Waals surface area contributed by atoms with Crippen molar-refractivity contribution in [3.8, 4) is 17.8 Å². The lowest BCUT2D eigenvalue weighted by molar-refractivity contribution is 0.158. The molecule has 0 unspecified atom stereocenters. The van der Waals surface area contributed by atoms with Gasteiger partial charge in [-0.3, -0.25) is 4.79 Å². The summed E-state index contributed by atoms with van der Waals surface area (Å²) < 4.78 is 10.8. The van der Waals surface area contributed by atoms with Crippen molar-refractivity contribution >= 4 is 21.9 Å². The number of hydrogen-bond donors (Lipinski definition) is 1. The molecule has 3 heterocycles. The zero-order valence-electron chi connectivity index (χ0n) is 10.7. The average molecular weight is 280 g/mol. The number of pyridine rings is 1. The van der Waals surface area contributed by atoms with Gasteiger partial charge in [-0.05, 0) is 12.1 Å². The molecule has 102 valence electrons. The summed E-state index contributed by atoms with van der Waals surface area (Å²) in [6, 6.07) is 5.33. The predicted molar refractivity (Wildman–Crippen MR) is 73.4 cm³/mol. The number of aromatic nitrogens is 3. The molecule has 0 fully saturated rings. The highest BCUT2D eigenvalue weighted by Gasteiger charge is 2.18. The molecule has 2 aromatic heterocycles. The standard InChI is InChI=1S/C14H8N4O3/c15-5-7-6-16-8-1-2-9-11(10(8)12(7)19)18-14-13(17-9)20-3-4-21-14/h1-2,6H,3-4H2,(H,16,19). The van der Waals surface area contributed by atoms with E-state index < -0.39 is 0 Å². The van der Waals surface area contributed by atoms with Crippen molar-refractivity contribution in [3.05, 3.63) is 34.1 Å². The number of nitrogens with zero attached hydrogens (tertiary/aromatic N) is 3. The van der Waals surface area contributed by atoms with Crippen LogP contribution in [0.5, 0.6) is 11.8 Å². The first-order valence-electron chi connectivity index (χ1n) is 6.30. The number of rotatable bonds is 0. The van der Waals surface area contributed by atoms with E-state index in [2.05, 4.69) is 15.0 Å². The number of ether oxygens (including phenoxy) is 2. The summed E-state index contributed by atoms with van der Waals surface area (Å²) in [5.41, 5.74) is 1.18. The maximum Gasteiger partial charge on any atom is 0.278 e. The van der Waals surface area contributed by atoms with Crippen LogP contribution >= 0.6 is 0 Å². The molecule has 0 bridgehead atoms. The average Bonchev–Trinajstić information content (AvgIpc) is 2.53. The van der Waals surface area contributed by atoms with E-state index in [0.29, 0.717) is 41.0 Å². The van der Waals surface area contributed by atoms with Gasteiger partial charge in [-0.25, -0.2) is 9.97 Å². The summed E-state index contributed by atoms with van der Waals surface area (Å²) in [4.78, 5) is 23.9. The van der Waals surface area contributed by atoms with Crippen LogP contribution in [0.3, 0.4) is 0 Å². The third-order valence-electron chi connectivity index (χ3n) is 3.30. The maximum atomic E-state index is 12.4. The molecule has 21 heavy (non-hydrogen) atoms. The molecular formula is C14H8N4O3. The summed E-state index contributed by atoms with van der Waals surface area (Å²) in [6.45, 7) is 0.803. The van der Waals surface area contributed by atoms with E-state index in [4.69, 9.17) is 14.7 Å². The molecule has 0 radical (unpaired) electrons. The molecule has 4 rings (SSSR count). The lowest BCUT2D eigenvalue weighted by Gasteiger charge is -2.16. The van der Waals surface area contributed by atoms with E-state index in [1.807, 2.05) is 6.07 Å². The predicted octanol–water partition coefficient (Wildman–Crippen LogP) is 1.11. The van der Waals surface area contributed by atoms with Gasteiger partial charge in [-0.2, -0.15) is 5.26 Å². The van der Waals surface area contributed by atoms with Crippen LogP contribution in [0.2, 0.25) is 0 Å². The Morgan fingerprint density at radius 2 is 1.95 bits per heavy atom. The van der Waals surface area contributed by atoms with Gasteiger partial charge in [0.05, 0.1) is 16.4 Å². The van der Waals surface area contributed by atoms with E-state index in [9.17, 15) is 4.79 Å². The summed E-state index contributed by atoms with van der Waals surface area (Å²) >= 11 is 0. The first-order valence-corrected chi connectivity index (χ1v) is 6.30. The third-order valence-corrected chi connectivity index (χ3v) is 3.30. The Hall–Kier alpha value is -3.14. The number of H-pyrrole nitrogens is 1.